The largest absolute Gasteiger partial charge is 0.505 e. The highest BCUT2D eigenvalue weighted by atomic mass is 79.9. The first kappa shape index (κ1) is 12.9. The lowest BCUT2D eigenvalue weighted by Crippen LogP contribution is -1.81. The number of aromatic hydroxyl groups is 1. The quantitative estimate of drug-likeness (QED) is 0.736. The van der Waals surface area contributed by atoms with Crippen LogP contribution in [0.4, 0.5) is 4.39 Å². The Hall–Kier alpha value is -2.14. The third-order valence-electron chi connectivity index (χ3n) is 2.94. The van der Waals surface area contributed by atoms with E-state index in [0.717, 1.165) is 10.0 Å². The van der Waals surface area contributed by atoms with Crippen molar-refractivity contribution in [2.24, 2.45) is 0 Å². The van der Waals surface area contributed by atoms with Crippen LogP contribution in [0.2, 0.25) is 0 Å². The fourth-order valence-corrected chi connectivity index (χ4v) is 2.32. The molecule has 0 aliphatic carbocycles. The number of phenols is 1. The SMILES string of the molecule is C=Cc1ccc(Br)c2nc(-c3ccc(O)c(F)c3)oc12. The minimum atomic E-state index is -0.715. The molecule has 0 bridgehead atoms. The van der Waals surface area contributed by atoms with Crippen LogP contribution in [0.1, 0.15) is 5.56 Å². The molecular weight excluding hydrogens is 325 g/mol. The predicted octanol–water partition coefficient (Wildman–Crippen LogP) is 4.75. The summed E-state index contributed by atoms with van der Waals surface area (Å²) in [6.07, 6.45) is 1.67. The van der Waals surface area contributed by atoms with Gasteiger partial charge in [0.1, 0.15) is 5.52 Å². The molecule has 0 spiro atoms. The van der Waals surface area contributed by atoms with Gasteiger partial charge in [0, 0.05) is 15.6 Å². The molecule has 0 unspecified atom stereocenters. The second-order valence-corrected chi connectivity index (χ2v) is 5.06. The Kier molecular flexibility index (Phi) is 3.06. The highest BCUT2D eigenvalue weighted by molar-refractivity contribution is 9.10. The topological polar surface area (TPSA) is 46.3 Å². The lowest BCUT2D eigenvalue weighted by atomic mass is 10.2. The average molecular weight is 334 g/mol. The van der Waals surface area contributed by atoms with Crippen molar-refractivity contribution in [3.63, 3.8) is 0 Å². The number of hydrogen-bond donors (Lipinski definition) is 1. The summed E-state index contributed by atoms with van der Waals surface area (Å²) in [4.78, 5) is 4.35. The number of rotatable bonds is 2. The molecule has 0 aliphatic rings. The van der Waals surface area contributed by atoms with Crippen molar-refractivity contribution in [3.05, 3.63) is 52.8 Å². The maximum absolute atomic E-state index is 13.4. The van der Waals surface area contributed by atoms with Gasteiger partial charge in [-0.2, -0.15) is 0 Å². The molecule has 0 fully saturated rings. The zero-order valence-electron chi connectivity index (χ0n) is 10.2. The number of nitrogens with zero attached hydrogens (tertiary/aromatic N) is 1. The molecule has 0 saturated carbocycles. The number of oxazole rings is 1. The lowest BCUT2D eigenvalue weighted by molar-refractivity contribution is 0.432. The van der Waals surface area contributed by atoms with Crippen molar-refractivity contribution in [1.82, 2.24) is 4.98 Å². The van der Waals surface area contributed by atoms with E-state index in [2.05, 4.69) is 27.5 Å². The van der Waals surface area contributed by atoms with Gasteiger partial charge in [-0.1, -0.05) is 12.7 Å². The van der Waals surface area contributed by atoms with E-state index in [0.29, 0.717) is 16.7 Å². The number of aromatic nitrogens is 1. The van der Waals surface area contributed by atoms with E-state index in [1.165, 1.54) is 12.1 Å². The van der Waals surface area contributed by atoms with Crippen LogP contribution in [0.15, 0.2) is 45.8 Å². The van der Waals surface area contributed by atoms with Crippen molar-refractivity contribution in [2.75, 3.05) is 0 Å². The molecule has 0 saturated heterocycles. The van der Waals surface area contributed by atoms with Gasteiger partial charge < -0.3 is 9.52 Å². The van der Waals surface area contributed by atoms with E-state index < -0.39 is 11.6 Å². The van der Waals surface area contributed by atoms with Gasteiger partial charge in [0.05, 0.1) is 0 Å². The summed E-state index contributed by atoms with van der Waals surface area (Å²) in [5.41, 5.74) is 2.49. The lowest BCUT2D eigenvalue weighted by Gasteiger charge is -1.97. The normalized spacial score (nSPS) is 10.9. The van der Waals surface area contributed by atoms with E-state index >= 15 is 0 Å². The van der Waals surface area contributed by atoms with E-state index in [1.54, 1.807) is 12.1 Å². The monoisotopic (exact) mass is 333 g/mol. The minimum absolute atomic E-state index is 0.286. The molecule has 3 nitrogen and oxygen atoms in total. The van der Waals surface area contributed by atoms with Crippen LogP contribution in [-0.4, -0.2) is 10.1 Å². The highest BCUT2D eigenvalue weighted by Crippen LogP contribution is 2.32. The molecule has 3 aromatic rings. The maximum Gasteiger partial charge on any atom is 0.227 e. The zero-order chi connectivity index (χ0) is 14.3. The van der Waals surface area contributed by atoms with Gasteiger partial charge in [-0.25, -0.2) is 9.37 Å². The van der Waals surface area contributed by atoms with Gasteiger partial charge in [-0.15, -0.1) is 0 Å². The molecule has 100 valence electrons. The molecule has 1 N–H and O–H groups in total. The second-order valence-electron chi connectivity index (χ2n) is 4.20. The van der Waals surface area contributed by atoms with Crippen LogP contribution in [0.5, 0.6) is 5.75 Å². The van der Waals surface area contributed by atoms with Gasteiger partial charge in [0.15, 0.2) is 17.1 Å². The fraction of sp³-hybridized carbons (Fsp3) is 0. The van der Waals surface area contributed by atoms with E-state index in [9.17, 15) is 9.50 Å². The molecule has 0 radical (unpaired) electrons. The summed E-state index contributed by atoms with van der Waals surface area (Å²) in [5, 5.41) is 9.21. The van der Waals surface area contributed by atoms with Crippen LogP contribution in [0, 0.1) is 5.82 Å². The molecule has 1 aromatic heterocycles. The standard InChI is InChI=1S/C15H9BrFNO2/c1-2-8-3-5-10(16)13-14(8)20-15(18-13)9-4-6-12(19)11(17)7-9/h2-7,19H,1H2. The van der Waals surface area contributed by atoms with Crippen LogP contribution in [-0.2, 0) is 0 Å². The Bertz CT molecular complexity index is 826. The summed E-state index contributed by atoms with van der Waals surface area (Å²) in [5.74, 6) is -0.834. The Morgan fingerprint density at radius 3 is 2.80 bits per heavy atom. The summed E-state index contributed by atoms with van der Waals surface area (Å²) in [6.45, 7) is 3.72. The van der Waals surface area contributed by atoms with Crippen LogP contribution < -0.4 is 0 Å². The number of benzene rings is 2. The summed E-state index contributed by atoms with van der Waals surface area (Å²) < 4.78 is 19.9. The zero-order valence-corrected chi connectivity index (χ0v) is 11.8. The first-order chi connectivity index (χ1) is 9.60. The molecule has 0 atom stereocenters. The minimum Gasteiger partial charge on any atom is -0.505 e. The average Bonchev–Trinajstić information content (AvgIpc) is 2.88. The third-order valence-corrected chi connectivity index (χ3v) is 3.58. The van der Waals surface area contributed by atoms with Crippen LogP contribution in [0.25, 0.3) is 28.6 Å². The van der Waals surface area contributed by atoms with Crippen LogP contribution in [0.3, 0.4) is 0 Å². The number of hydrogen-bond acceptors (Lipinski definition) is 3. The van der Waals surface area contributed by atoms with Gasteiger partial charge in [-0.05, 0) is 46.3 Å². The van der Waals surface area contributed by atoms with E-state index in [1.807, 2.05) is 12.1 Å². The highest BCUT2D eigenvalue weighted by Gasteiger charge is 2.14. The van der Waals surface area contributed by atoms with Crippen molar-refractivity contribution < 1.29 is 13.9 Å². The third kappa shape index (κ3) is 2.00. The van der Waals surface area contributed by atoms with Crippen LogP contribution >= 0.6 is 15.9 Å². The Balaban J connectivity index is 2.24. The number of halogens is 2. The number of fused-ring (bicyclic) bond motifs is 1. The number of phenolic OH excluding ortho intramolecular Hbond substituents is 1. The van der Waals surface area contributed by atoms with Crippen molar-refractivity contribution in [1.29, 1.82) is 0 Å². The molecule has 5 heteroatoms. The predicted molar refractivity (Wildman–Crippen MR) is 78.9 cm³/mol. The smallest absolute Gasteiger partial charge is 0.227 e. The Morgan fingerprint density at radius 2 is 2.10 bits per heavy atom. The summed E-state index contributed by atoms with van der Waals surface area (Å²) in [7, 11) is 0. The Labute approximate surface area is 122 Å². The molecular formula is C15H9BrFNO2. The molecule has 20 heavy (non-hydrogen) atoms. The van der Waals surface area contributed by atoms with Gasteiger partial charge >= 0.3 is 0 Å². The fourth-order valence-electron chi connectivity index (χ4n) is 1.92. The molecule has 0 amide bonds. The first-order valence-corrected chi connectivity index (χ1v) is 6.60. The maximum atomic E-state index is 13.4. The Morgan fingerprint density at radius 1 is 1.30 bits per heavy atom. The summed E-state index contributed by atoms with van der Waals surface area (Å²) in [6, 6.07) is 7.70. The van der Waals surface area contributed by atoms with Crippen molar-refractivity contribution in [3.8, 4) is 17.2 Å². The van der Waals surface area contributed by atoms with E-state index in [4.69, 9.17) is 4.42 Å². The van der Waals surface area contributed by atoms with Crippen molar-refractivity contribution in [2.45, 2.75) is 0 Å². The van der Waals surface area contributed by atoms with Crippen molar-refractivity contribution >= 4 is 33.1 Å². The van der Waals surface area contributed by atoms with Gasteiger partial charge in [-0.3, -0.25) is 0 Å². The van der Waals surface area contributed by atoms with E-state index in [-0.39, 0.29) is 5.89 Å². The summed E-state index contributed by atoms with van der Waals surface area (Å²) >= 11 is 3.40. The second kappa shape index (κ2) is 4.76. The van der Waals surface area contributed by atoms with Gasteiger partial charge in [0.25, 0.3) is 0 Å². The molecule has 0 aliphatic heterocycles. The first-order valence-electron chi connectivity index (χ1n) is 5.80. The molecule has 3 rings (SSSR count). The molecule has 1 heterocycles. The molecule has 2 aromatic carbocycles. The van der Waals surface area contributed by atoms with Gasteiger partial charge in [0.2, 0.25) is 5.89 Å².